The summed E-state index contributed by atoms with van der Waals surface area (Å²) in [4.78, 5) is 90.8. The Kier molecular flexibility index (Phi) is 31.9. The zero-order valence-electron chi connectivity index (χ0n) is 40.9. The number of aldehydes is 3. The molecule has 0 unspecified atom stereocenters. The van der Waals surface area contributed by atoms with Crippen LogP contribution in [0.15, 0.2) is 42.5 Å². The quantitative estimate of drug-likeness (QED) is 0.0228. The van der Waals surface area contributed by atoms with E-state index in [9.17, 15) is 53.7 Å². The molecule has 70 heavy (non-hydrogen) atoms. The molecule has 4 N–H and O–H groups in total. The highest BCUT2D eigenvalue weighted by molar-refractivity contribution is 8.13. The van der Waals surface area contributed by atoms with Gasteiger partial charge in [0, 0.05) is 30.0 Å². The number of aliphatic carboxylic acids is 1. The average Bonchev–Trinajstić information content (AvgIpc) is 3.34. The lowest BCUT2D eigenvalue weighted by molar-refractivity contribution is -0.141. The van der Waals surface area contributed by atoms with Gasteiger partial charge in [-0.05, 0) is 79.4 Å². The number of ether oxygens (including phenoxy) is 5. The number of hydrogen-bond donors (Lipinski definition) is 4. The number of thioether (sulfide) groups is 1. The summed E-state index contributed by atoms with van der Waals surface area (Å²) in [5, 5.41) is 36.6. The highest BCUT2D eigenvalue weighted by Crippen LogP contribution is 2.25. The number of carboxylic acids is 1. The second-order valence-corrected chi connectivity index (χ2v) is 16.9. The van der Waals surface area contributed by atoms with E-state index in [1.54, 1.807) is 25.1 Å². The summed E-state index contributed by atoms with van der Waals surface area (Å²) >= 11 is 0.844. The summed E-state index contributed by atoms with van der Waals surface area (Å²) in [6, 6.07) is 10.5. The van der Waals surface area contributed by atoms with E-state index in [1.807, 2.05) is 11.8 Å². The molecule has 18 nitrogen and oxygen atoms in total. The third kappa shape index (κ3) is 25.1. The average molecular weight is 1000 g/mol. The molecule has 0 heterocycles. The van der Waals surface area contributed by atoms with Crippen LogP contribution in [-0.2, 0) is 53.1 Å². The number of benzene rings is 3. The lowest BCUT2D eigenvalue weighted by Gasteiger charge is -2.23. The van der Waals surface area contributed by atoms with Gasteiger partial charge in [-0.1, -0.05) is 96.3 Å². The second kappa shape index (κ2) is 36.4. The van der Waals surface area contributed by atoms with Crippen LogP contribution in [0.1, 0.15) is 156 Å². The van der Waals surface area contributed by atoms with Gasteiger partial charge in [-0.15, -0.1) is 0 Å². The van der Waals surface area contributed by atoms with Gasteiger partial charge in [-0.2, -0.15) is 0 Å². The molecule has 0 atom stereocenters. The minimum atomic E-state index is -1.29. The zero-order valence-corrected chi connectivity index (χ0v) is 41.7. The number of rotatable bonds is 28. The maximum absolute atomic E-state index is 12.8. The van der Waals surface area contributed by atoms with Crippen LogP contribution in [0.4, 0.5) is 14.4 Å². The number of phenols is 3. The molecule has 3 rings (SSSR count). The predicted octanol–water partition coefficient (Wildman–Crippen LogP) is 10.6. The second-order valence-electron chi connectivity index (χ2n) is 15.8. The molecular weight excluding hydrogens is 931 g/mol. The molecule has 3 aromatic carbocycles. The van der Waals surface area contributed by atoms with Gasteiger partial charge in [-0.25, -0.2) is 19.2 Å². The minimum Gasteiger partial charge on any atom is -0.507 e. The first-order chi connectivity index (χ1) is 33.6. The Labute approximate surface area is 414 Å². The van der Waals surface area contributed by atoms with Crippen molar-refractivity contribution in [3.05, 3.63) is 87.0 Å². The Morgan fingerprint density at radius 3 is 1.79 bits per heavy atom. The van der Waals surface area contributed by atoms with Gasteiger partial charge >= 0.3 is 29.5 Å². The van der Waals surface area contributed by atoms with Gasteiger partial charge in [0.2, 0.25) is 0 Å². The van der Waals surface area contributed by atoms with Crippen molar-refractivity contribution in [3.8, 4) is 17.2 Å². The van der Waals surface area contributed by atoms with E-state index < -0.39 is 30.0 Å². The number of phenolic OH excluding ortho intramolecular Hbond substituents is 3. The normalized spacial score (nSPS) is 10.2. The van der Waals surface area contributed by atoms with Crippen LogP contribution in [0, 0.1) is 13.8 Å². The summed E-state index contributed by atoms with van der Waals surface area (Å²) < 4.78 is 23.9. The first kappa shape index (κ1) is 61.4. The molecule has 0 aliphatic rings. The largest absolute Gasteiger partial charge is 0.509 e. The van der Waals surface area contributed by atoms with Crippen LogP contribution in [0.2, 0.25) is 0 Å². The van der Waals surface area contributed by atoms with Crippen LogP contribution in [0.3, 0.4) is 0 Å². The van der Waals surface area contributed by atoms with Crippen LogP contribution in [0.25, 0.3) is 0 Å². The molecule has 0 bridgehead atoms. The molecule has 0 aromatic heterocycles. The van der Waals surface area contributed by atoms with Crippen molar-refractivity contribution in [3.63, 3.8) is 0 Å². The molecule has 0 aliphatic heterocycles. The number of hydrogen-bond acceptors (Lipinski definition) is 17. The van der Waals surface area contributed by atoms with Crippen molar-refractivity contribution in [1.29, 1.82) is 0 Å². The third-order valence-electron chi connectivity index (χ3n) is 10.5. The van der Waals surface area contributed by atoms with Gasteiger partial charge in [0.05, 0.1) is 30.2 Å². The van der Waals surface area contributed by atoms with E-state index in [2.05, 4.69) is 28.1 Å². The first-order valence-electron chi connectivity index (χ1n) is 23.2. The topological polar surface area (TPSA) is 267 Å². The van der Waals surface area contributed by atoms with Gasteiger partial charge in [-0.3, -0.25) is 19.2 Å². The number of carbonyl (C=O) groups excluding carboxylic acids is 7. The van der Waals surface area contributed by atoms with E-state index in [0.29, 0.717) is 54.2 Å². The fraction of sp³-hybridized carbons (Fsp3) is 0.490. The van der Waals surface area contributed by atoms with E-state index in [4.69, 9.17) is 14.6 Å². The monoisotopic (exact) mass is 999 g/mol. The van der Waals surface area contributed by atoms with Gasteiger partial charge < -0.3 is 49.0 Å². The van der Waals surface area contributed by atoms with Crippen molar-refractivity contribution >= 4 is 60.1 Å². The number of methoxy groups -OCH3 is 1. The maximum Gasteiger partial charge on any atom is 0.509 e. The summed E-state index contributed by atoms with van der Waals surface area (Å²) in [5.74, 6) is -1.90. The molecule has 19 heteroatoms. The predicted molar refractivity (Wildman–Crippen MR) is 262 cm³/mol. The number of aryl methyl sites for hydroxylation is 2. The van der Waals surface area contributed by atoms with Crippen LogP contribution >= 0.6 is 11.8 Å². The Morgan fingerprint density at radius 2 is 1.21 bits per heavy atom. The molecular formula is C51H69NO17S. The summed E-state index contributed by atoms with van der Waals surface area (Å²) in [5.41, 5.74) is 3.37. The molecule has 3 aromatic rings. The van der Waals surface area contributed by atoms with Crippen molar-refractivity contribution in [2.24, 2.45) is 0 Å². The number of carbonyl (C=O) groups is 8. The summed E-state index contributed by atoms with van der Waals surface area (Å²) in [6.45, 7) is 8.25. The summed E-state index contributed by atoms with van der Waals surface area (Å²) in [6.07, 6.45) is 14.4. The number of nitrogens with zero attached hydrogens (tertiary/aromatic N) is 1. The number of unbranched alkanes of at least 4 members (excludes halogenated alkanes) is 10. The SMILES string of the molecule is CCCCCCCCN(CCCCCCCC)C(=O)OCc1c(C)ccc(O)c1C=O.COC(=O)CCSC(=O)OCc1cccc(O)c1C=O.Cc1cc(C=O)c(O)cc1COC(=O)OCC(=O)O. The highest BCUT2D eigenvalue weighted by Gasteiger charge is 2.18. The van der Waals surface area contributed by atoms with Crippen molar-refractivity contribution in [2.45, 2.75) is 131 Å². The van der Waals surface area contributed by atoms with Gasteiger partial charge in [0.15, 0.2) is 25.5 Å². The fourth-order valence-corrected chi connectivity index (χ4v) is 7.02. The Hall–Kier alpha value is -6.63. The van der Waals surface area contributed by atoms with Crippen molar-refractivity contribution in [1.82, 2.24) is 4.90 Å². The van der Waals surface area contributed by atoms with Crippen LogP contribution < -0.4 is 0 Å². The van der Waals surface area contributed by atoms with E-state index in [0.717, 1.165) is 43.0 Å². The van der Waals surface area contributed by atoms with E-state index in [-0.39, 0.29) is 72.0 Å². The van der Waals surface area contributed by atoms with E-state index in [1.165, 1.54) is 82.7 Å². The summed E-state index contributed by atoms with van der Waals surface area (Å²) in [7, 11) is 1.27. The minimum absolute atomic E-state index is 0.00333. The Balaban J connectivity index is 0.000000549. The molecule has 0 radical (unpaired) electrons. The third-order valence-corrected chi connectivity index (χ3v) is 11.3. The number of amides is 1. The molecule has 386 valence electrons. The van der Waals surface area contributed by atoms with Gasteiger partial charge in [0.1, 0.15) is 37.1 Å². The smallest absolute Gasteiger partial charge is 0.507 e. The van der Waals surface area contributed by atoms with Crippen LogP contribution in [-0.4, -0.2) is 106 Å². The first-order valence-corrected chi connectivity index (χ1v) is 24.1. The van der Waals surface area contributed by atoms with Crippen molar-refractivity contribution < 1.29 is 82.5 Å². The Morgan fingerprint density at radius 1 is 0.629 bits per heavy atom. The van der Waals surface area contributed by atoms with Crippen molar-refractivity contribution in [2.75, 3.05) is 32.6 Å². The molecule has 0 saturated heterocycles. The lowest BCUT2D eigenvalue weighted by Crippen LogP contribution is -2.33. The molecule has 0 aliphatic carbocycles. The molecule has 1 amide bonds. The molecule has 0 fully saturated rings. The highest BCUT2D eigenvalue weighted by atomic mass is 32.2. The standard InChI is InChI=1S/C26H43NO4.C13H14O6S.C12H12O7/c1-4-6-8-10-12-14-18-27(19-15-13-11-9-7-5-2)26(30)31-21-24-22(3)16-17-25(29)23(24)20-28;1-18-12(16)5-6-20-13(17)19-8-9-3-2-4-11(15)10(9)7-14;1-7-2-8(4-13)10(14)3-9(7)5-18-12(17)19-6-11(15)16/h16-17,20,29H,4-15,18-19,21H2,1-3H3;2-4,7,15H,5-6,8H2,1H3;2-4,14H,5-6H2,1H3,(H,15,16). The Bertz CT molecular complexity index is 2110. The fourth-order valence-electron chi connectivity index (χ4n) is 6.44. The lowest BCUT2D eigenvalue weighted by atomic mass is 10.0. The zero-order chi connectivity index (χ0) is 52.3. The van der Waals surface area contributed by atoms with Gasteiger partial charge in [0.25, 0.3) is 0 Å². The van der Waals surface area contributed by atoms with E-state index >= 15 is 0 Å². The number of aromatic hydroxyl groups is 3. The molecule has 0 spiro atoms. The number of esters is 1. The maximum atomic E-state index is 12.8. The molecule has 0 saturated carbocycles. The number of carboxylic acid groups (broad SMARTS) is 1. The van der Waals surface area contributed by atoms with Crippen LogP contribution in [0.5, 0.6) is 17.2 Å².